The zero-order valence-corrected chi connectivity index (χ0v) is 43.9. The van der Waals surface area contributed by atoms with Crippen LogP contribution in [-0.4, -0.2) is 95.0 Å². The third-order valence-corrected chi connectivity index (χ3v) is 19.1. The SMILES string of the molecule is Nc1cncc(CN2C(=O)c3cc4nc5c(nc4cc3C2=O)[C@@H]2C[C@H]5c3c2c2c(c4c3[C@H]3C[C@@H]4c4nc5cc6c(cc5nc43)C(=O)N(Cc3cncc(N)c3)C6=O)[C@H]3C[C@@H]2c2nc4cc5c(cc4nc23)C(=O)N(Cc2cncc(N)c2)C5=O)c1. The highest BCUT2D eigenvalue weighted by Gasteiger charge is 2.59. The lowest BCUT2D eigenvalue weighted by Crippen LogP contribution is -2.29. The van der Waals surface area contributed by atoms with E-state index in [1.807, 2.05) is 0 Å². The minimum absolute atomic E-state index is 0.00805. The fourth-order valence-electron chi connectivity index (χ4n) is 15.9. The first-order valence-corrected chi connectivity index (χ1v) is 27.8. The molecule has 0 fully saturated rings. The lowest BCUT2D eigenvalue weighted by Gasteiger charge is -2.33. The summed E-state index contributed by atoms with van der Waals surface area (Å²) < 4.78 is 0. The number of nitrogens with two attached hydrogens (primary N) is 3. The van der Waals surface area contributed by atoms with Crippen LogP contribution in [0.3, 0.4) is 0 Å². The molecular weight excluding hydrogens is 1060 g/mol. The van der Waals surface area contributed by atoms with Gasteiger partial charge in [-0.2, -0.15) is 0 Å². The normalized spacial score (nSPS) is 21.8. The maximum absolute atomic E-state index is 14.0. The van der Waals surface area contributed by atoms with Crippen LogP contribution in [0.5, 0.6) is 0 Å². The molecule has 0 unspecified atom stereocenters. The summed E-state index contributed by atoms with van der Waals surface area (Å²) in [6.07, 6.45) is 11.5. The first-order valence-electron chi connectivity index (χ1n) is 27.8. The van der Waals surface area contributed by atoms with Crippen LogP contribution in [0.25, 0.3) is 33.1 Å². The van der Waals surface area contributed by atoms with E-state index in [0.717, 1.165) is 53.4 Å². The molecule has 4 aromatic carbocycles. The van der Waals surface area contributed by atoms with Crippen molar-refractivity contribution in [1.29, 1.82) is 0 Å². The molecule has 3 aliphatic heterocycles. The third kappa shape index (κ3) is 5.74. The van der Waals surface area contributed by atoms with Crippen molar-refractivity contribution in [2.45, 2.75) is 74.4 Å². The van der Waals surface area contributed by atoms with Crippen LogP contribution >= 0.6 is 0 Å². The summed E-state index contributed by atoms with van der Waals surface area (Å²) in [5.74, 6) is -3.50. The Kier molecular flexibility index (Phi) is 8.39. The number of hydrogen-bond donors (Lipinski definition) is 3. The van der Waals surface area contributed by atoms with Crippen LogP contribution in [0.15, 0.2) is 91.8 Å². The molecule has 0 radical (unpaired) electrons. The Bertz CT molecular complexity index is 4280. The largest absolute Gasteiger partial charge is 0.397 e. The van der Waals surface area contributed by atoms with Crippen molar-refractivity contribution >= 4 is 85.6 Å². The monoisotopic (exact) mass is 1100 g/mol. The van der Waals surface area contributed by atoms with Crippen molar-refractivity contribution in [3.05, 3.63) is 209 Å². The lowest BCUT2D eigenvalue weighted by molar-refractivity contribution is 0.0627. The fraction of sp³-hybridized carbons (Fsp3) is 0.190. The average Bonchev–Trinajstić information content (AvgIpc) is 1.62. The molecule has 6 aliphatic carbocycles. The van der Waals surface area contributed by atoms with E-state index in [1.54, 1.807) is 73.2 Å². The van der Waals surface area contributed by atoms with Crippen LogP contribution in [0.1, 0.15) is 201 Å². The molecule has 6 bridgehead atoms. The Morgan fingerprint density at radius 3 is 0.702 bits per heavy atom. The van der Waals surface area contributed by atoms with Gasteiger partial charge < -0.3 is 17.2 Å². The molecule has 0 saturated heterocycles. The molecule has 0 saturated carbocycles. The maximum Gasteiger partial charge on any atom is 0.261 e. The number of rotatable bonds is 6. The number of nitrogens with zero attached hydrogens (tertiary/aromatic N) is 12. The van der Waals surface area contributed by atoms with Crippen molar-refractivity contribution in [3.8, 4) is 0 Å². The van der Waals surface area contributed by atoms with Gasteiger partial charge in [0.1, 0.15) is 0 Å². The Morgan fingerprint density at radius 2 is 0.512 bits per heavy atom. The van der Waals surface area contributed by atoms with Gasteiger partial charge in [0.2, 0.25) is 0 Å². The molecule has 9 aliphatic rings. The zero-order chi connectivity index (χ0) is 56.2. The van der Waals surface area contributed by atoms with Crippen LogP contribution in [0.4, 0.5) is 17.1 Å². The van der Waals surface area contributed by atoms with Crippen LogP contribution in [-0.2, 0) is 19.6 Å². The summed E-state index contributed by atoms with van der Waals surface area (Å²) in [6, 6.07) is 15.3. The summed E-state index contributed by atoms with van der Waals surface area (Å²) in [7, 11) is 0. The Balaban J connectivity index is 0.751. The quantitative estimate of drug-likeness (QED) is 0.144. The van der Waals surface area contributed by atoms with Gasteiger partial charge in [-0.25, -0.2) is 29.9 Å². The van der Waals surface area contributed by atoms with Gasteiger partial charge >= 0.3 is 0 Å². The van der Waals surface area contributed by atoms with Gasteiger partial charge in [0, 0.05) is 72.7 Å². The predicted molar refractivity (Wildman–Crippen MR) is 299 cm³/mol. The minimum atomic E-state index is -0.428. The van der Waals surface area contributed by atoms with Crippen molar-refractivity contribution < 1.29 is 28.8 Å². The molecule has 6 N–H and O–H groups in total. The smallest absolute Gasteiger partial charge is 0.261 e. The standard InChI is InChI=1S/C63H39N15O6/c64-25-1-22(13-67-16-25)19-76-58(79)28-7-40-41(8-29(28)59(76)80)71-53-35-4-34(52(53)70-40)46-47(35)49-37-6-39(57-55(37)73-43-10-31-33(12-45(43)75-57)63(84)78(61(31)82)21-24-3-27(66)18-69-15-24)51(49)50-38-5-36(48(46)50)54-56(38)74-44-11-32-30(9-42(44)72-54)60(81)77(62(32)83)20-23-2-26(65)17-68-14-23/h1-3,7-18,34-39H,4-6,19-21,64-66H2/t34-,35+,36+,37-,38-,39+. The zero-order valence-electron chi connectivity index (χ0n) is 43.9. The first kappa shape index (κ1) is 45.9. The molecule has 10 aromatic rings. The van der Waals surface area contributed by atoms with E-state index in [2.05, 4.69) is 15.0 Å². The molecule has 9 heterocycles. The van der Waals surface area contributed by atoms with E-state index in [1.165, 1.54) is 66.7 Å². The van der Waals surface area contributed by atoms with Crippen molar-refractivity contribution in [2.75, 3.05) is 17.2 Å². The van der Waals surface area contributed by atoms with E-state index in [9.17, 15) is 28.8 Å². The number of pyridine rings is 3. The lowest BCUT2D eigenvalue weighted by atomic mass is 9.72. The van der Waals surface area contributed by atoms with Gasteiger partial charge in [0.05, 0.1) is 137 Å². The first-order chi connectivity index (χ1) is 40.8. The molecule has 19 rings (SSSR count). The Labute approximate surface area is 473 Å². The number of carbonyl (C=O) groups is 6. The van der Waals surface area contributed by atoms with Gasteiger partial charge in [-0.1, -0.05) is 0 Å². The number of nitrogen functional groups attached to an aromatic ring is 3. The second kappa shape index (κ2) is 15.4. The van der Waals surface area contributed by atoms with Crippen molar-refractivity contribution in [2.24, 2.45) is 0 Å². The molecule has 21 heteroatoms. The molecule has 6 amide bonds. The Hall–Kier alpha value is -10.8. The number of benzene rings is 4. The maximum atomic E-state index is 14.0. The summed E-state index contributed by atoms with van der Waals surface area (Å²) in [5, 5.41) is 0. The van der Waals surface area contributed by atoms with E-state index < -0.39 is 35.4 Å². The summed E-state index contributed by atoms with van der Waals surface area (Å²) in [4.78, 5) is 133. The topological polar surface area (TPSA) is 306 Å². The Morgan fingerprint density at radius 1 is 0.310 bits per heavy atom. The summed E-state index contributed by atoms with van der Waals surface area (Å²) in [6.45, 7) is 0.0241. The number of carbonyl (C=O) groups excluding carboxylic acids is 6. The second-order valence-corrected chi connectivity index (χ2v) is 23.6. The predicted octanol–water partition coefficient (Wildman–Crippen LogP) is 6.78. The number of fused-ring (bicyclic) bond motifs is 33. The van der Waals surface area contributed by atoms with E-state index in [4.69, 9.17) is 47.1 Å². The molecule has 0 spiro atoms. The number of aromatic nitrogens is 9. The molecule has 84 heavy (non-hydrogen) atoms. The van der Waals surface area contributed by atoms with E-state index in [-0.39, 0.29) is 88.5 Å². The fourth-order valence-corrected chi connectivity index (χ4v) is 15.9. The van der Waals surface area contributed by atoms with E-state index in [0.29, 0.717) is 66.9 Å². The number of imide groups is 3. The average molecular weight is 1100 g/mol. The molecule has 21 nitrogen and oxygen atoms in total. The van der Waals surface area contributed by atoms with Gasteiger partial charge in [-0.05, 0) is 124 Å². The minimum Gasteiger partial charge on any atom is -0.397 e. The molecule has 6 aromatic heterocycles. The second-order valence-electron chi connectivity index (χ2n) is 23.6. The van der Waals surface area contributed by atoms with Crippen LogP contribution in [0, 0.1) is 0 Å². The molecular formula is C63H39N15O6. The van der Waals surface area contributed by atoms with Crippen molar-refractivity contribution in [1.82, 2.24) is 59.6 Å². The summed E-state index contributed by atoms with van der Waals surface area (Å²) >= 11 is 0. The highest BCUT2D eigenvalue weighted by atomic mass is 16.2. The van der Waals surface area contributed by atoms with Gasteiger partial charge in [0.15, 0.2) is 0 Å². The van der Waals surface area contributed by atoms with Gasteiger partial charge in [-0.15, -0.1) is 0 Å². The molecule has 402 valence electrons. The molecule has 6 atom stereocenters. The van der Waals surface area contributed by atoms with Gasteiger partial charge in [-0.3, -0.25) is 58.4 Å². The third-order valence-electron chi connectivity index (χ3n) is 19.1. The van der Waals surface area contributed by atoms with E-state index >= 15 is 0 Å². The highest BCUT2D eigenvalue weighted by Crippen LogP contribution is 2.71. The number of hydrogen-bond acceptors (Lipinski definition) is 18. The summed E-state index contributed by atoms with van der Waals surface area (Å²) in [5.41, 5.74) is 38.2. The number of amides is 6. The van der Waals surface area contributed by atoms with Crippen LogP contribution in [0.2, 0.25) is 0 Å². The van der Waals surface area contributed by atoms with Crippen molar-refractivity contribution in [3.63, 3.8) is 0 Å². The van der Waals surface area contributed by atoms with Gasteiger partial charge in [0.25, 0.3) is 35.4 Å². The number of anilines is 3. The van der Waals surface area contributed by atoms with Crippen LogP contribution < -0.4 is 17.2 Å². The highest BCUT2D eigenvalue weighted by molar-refractivity contribution is 6.24.